The van der Waals surface area contributed by atoms with Crippen LogP contribution in [0.25, 0.3) is 16.3 Å². The summed E-state index contributed by atoms with van der Waals surface area (Å²) in [6, 6.07) is 19.0. The zero-order chi connectivity index (χ0) is 19.4. The van der Waals surface area contributed by atoms with Crippen molar-refractivity contribution in [1.29, 1.82) is 0 Å². The van der Waals surface area contributed by atoms with Crippen LogP contribution in [0.3, 0.4) is 0 Å². The first-order valence-electron chi connectivity index (χ1n) is 8.68. The first kappa shape index (κ1) is 18.5. The van der Waals surface area contributed by atoms with Gasteiger partial charge in [0.05, 0.1) is 14.2 Å². The highest BCUT2D eigenvalue weighted by molar-refractivity contribution is 6.32. The summed E-state index contributed by atoms with van der Waals surface area (Å²) >= 11 is 0. The number of carbonyl (C=O) groups is 1. The third-order valence-corrected chi connectivity index (χ3v) is 4.38. The van der Waals surface area contributed by atoms with E-state index in [1.54, 1.807) is 14.2 Å². The van der Waals surface area contributed by atoms with Crippen LogP contribution < -0.4 is 9.47 Å². The predicted octanol–water partition coefficient (Wildman–Crippen LogP) is 4.64. The first-order chi connectivity index (χ1) is 13.0. The van der Waals surface area contributed by atoms with Gasteiger partial charge in [-0.2, -0.15) is 0 Å². The summed E-state index contributed by atoms with van der Waals surface area (Å²) in [6.07, 6.45) is 1.85. The average Bonchev–Trinajstić information content (AvgIpc) is 2.70. The van der Waals surface area contributed by atoms with Crippen LogP contribution in [0, 0.1) is 0 Å². The lowest BCUT2D eigenvalue weighted by Gasteiger charge is -2.15. The molecule has 27 heavy (non-hydrogen) atoms. The van der Waals surface area contributed by atoms with Gasteiger partial charge in [-0.25, -0.2) is 0 Å². The lowest BCUT2D eigenvalue weighted by molar-refractivity contribution is 0.105. The Hall–Kier alpha value is -3.27. The predicted molar refractivity (Wildman–Crippen MR) is 109 cm³/mol. The number of ether oxygens (including phenoxy) is 2. The van der Waals surface area contributed by atoms with Crippen molar-refractivity contribution in [3.63, 3.8) is 0 Å². The fourth-order valence-corrected chi connectivity index (χ4v) is 3.09. The Morgan fingerprint density at radius 3 is 2.11 bits per heavy atom. The summed E-state index contributed by atoms with van der Waals surface area (Å²) in [4.78, 5) is 15.4. The van der Waals surface area contributed by atoms with Crippen molar-refractivity contribution in [3.8, 4) is 11.5 Å². The maximum absolute atomic E-state index is 13.5. The number of Topliss-reactive ketones (excluding diaryl/α,β-unsaturated/α-hetero) is 1. The molecule has 0 spiro atoms. The van der Waals surface area contributed by atoms with E-state index in [4.69, 9.17) is 9.47 Å². The van der Waals surface area contributed by atoms with E-state index in [0.717, 1.165) is 27.8 Å². The van der Waals surface area contributed by atoms with Crippen LogP contribution in [0.15, 0.2) is 66.9 Å². The zero-order valence-corrected chi connectivity index (χ0v) is 16.0. The van der Waals surface area contributed by atoms with Gasteiger partial charge < -0.3 is 14.4 Å². The fourth-order valence-electron chi connectivity index (χ4n) is 3.09. The number of hydrogen-bond donors (Lipinski definition) is 0. The summed E-state index contributed by atoms with van der Waals surface area (Å²) in [5.74, 6) is 1.47. The monoisotopic (exact) mass is 361 g/mol. The van der Waals surface area contributed by atoms with E-state index in [2.05, 4.69) is 0 Å². The number of hydrogen-bond acceptors (Lipinski definition) is 4. The number of nitrogens with zero attached hydrogens (tertiary/aromatic N) is 1. The molecule has 0 bridgehead atoms. The van der Waals surface area contributed by atoms with Crippen LogP contribution in [0.1, 0.15) is 15.9 Å². The number of rotatable bonds is 6. The van der Waals surface area contributed by atoms with Gasteiger partial charge in [0.2, 0.25) is 0 Å². The highest BCUT2D eigenvalue weighted by Crippen LogP contribution is 2.31. The van der Waals surface area contributed by atoms with E-state index in [1.807, 2.05) is 85.9 Å². The van der Waals surface area contributed by atoms with E-state index in [1.165, 1.54) is 0 Å². The SMILES string of the molecule is COc1ccc(/C(=C\N(C)C)C(=O)c2ccc(OC)c3ccccc23)cc1. The molecule has 0 amide bonds. The molecule has 0 aromatic heterocycles. The molecule has 4 heteroatoms. The number of ketones is 1. The molecular weight excluding hydrogens is 338 g/mol. The van der Waals surface area contributed by atoms with Crippen LogP contribution in [-0.2, 0) is 0 Å². The standard InChI is InChI=1S/C23H23NO3/c1-24(2)15-21(16-9-11-17(26-3)12-10-16)23(25)20-13-14-22(27-4)19-8-6-5-7-18(19)20/h5-15H,1-4H3/b21-15+. The number of fused-ring (bicyclic) bond motifs is 1. The Morgan fingerprint density at radius 1 is 0.852 bits per heavy atom. The van der Waals surface area contributed by atoms with Crippen molar-refractivity contribution < 1.29 is 14.3 Å². The minimum atomic E-state index is -0.0345. The number of carbonyl (C=O) groups excluding carboxylic acids is 1. The number of methoxy groups -OCH3 is 2. The Bertz CT molecular complexity index is 988. The molecule has 4 nitrogen and oxygen atoms in total. The van der Waals surface area contributed by atoms with Crippen molar-refractivity contribution in [1.82, 2.24) is 4.90 Å². The van der Waals surface area contributed by atoms with Gasteiger partial charge in [0.15, 0.2) is 5.78 Å². The zero-order valence-electron chi connectivity index (χ0n) is 16.0. The van der Waals surface area contributed by atoms with Crippen LogP contribution in [0.2, 0.25) is 0 Å². The average molecular weight is 361 g/mol. The minimum Gasteiger partial charge on any atom is -0.497 e. The molecule has 3 aromatic carbocycles. The van der Waals surface area contributed by atoms with Crippen molar-refractivity contribution in [2.75, 3.05) is 28.3 Å². The number of benzene rings is 3. The van der Waals surface area contributed by atoms with Gasteiger partial charge in [-0.05, 0) is 35.2 Å². The largest absolute Gasteiger partial charge is 0.497 e. The fraction of sp³-hybridized carbons (Fsp3) is 0.174. The molecule has 0 aliphatic carbocycles. The summed E-state index contributed by atoms with van der Waals surface area (Å²) in [6.45, 7) is 0. The van der Waals surface area contributed by atoms with Crippen LogP contribution in [0.4, 0.5) is 0 Å². The third-order valence-electron chi connectivity index (χ3n) is 4.38. The van der Waals surface area contributed by atoms with Gasteiger partial charge in [-0.15, -0.1) is 0 Å². The van der Waals surface area contributed by atoms with Gasteiger partial charge >= 0.3 is 0 Å². The maximum atomic E-state index is 13.5. The van der Waals surface area contributed by atoms with E-state index < -0.39 is 0 Å². The normalized spacial score (nSPS) is 11.3. The van der Waals surface area contributed by atoms with Crippen molar-refractivity contribution >= 4 is 22.1 Å². The van der Waals surface area contributed by atoms with Gasteiger partial charge in [-0.3, -0.25) is 4.79 Å². The smallest absolute Gasteiger partial charge is 0.195 e. The summed E-state index contributed by atoms with van der Waals surface area (Å²) in [5, 5.41) is 1.80. The van der Waals surface area contributed by atoms with Gasteiger partial charge in [0.1, 0.15) is 11.5 Å². The molecule has 0 unspecified atom stereocenters. The van der Waals surface area contributed by atoms with Crippen molar-refractivity contribution in [3.05, 3.63) is 78.0 Å². The molecule has 0 N–H and O–H groups in total. The second kappa shape index (κ2) is 7.96. The molecule has 0 radical (unpaired) electrons. The molecule has 3 aromatic rings. The molecule has 138 valence electrons. The topological polar surface area (TPSA) is 38.8 Å². The first-order valence-corrected chi connectivity index (χ1v) is 8.68. The van der Waals surface area contributed by atoms with Gasteiger partial charge in [0.25, 0.3) is 0 Å². The maximum Gasteiger partial charge on any atom is 0.195 e. The van der Waals surface area contributed by atoms with E-state index >= 15 is 0 Å². The number of allylic oxidation sites excluding steroid dienone is 1. The van der Waals surface area contributed by atoms with Crippen molar-refractivity contribution in [2.24, 2.45) is 0 Å². The molecule has 0 fully saturated rings. The van der Waals surface area contributed by atoms with Gasteiger partial charge in [0, 0.05) is 36.8 Å². The second-order valence-electron chi connectivity index (χ2n) is 6.42. The van der Waals surface area contributed by atoms with E-state index in [9.17, 15) is 4.79 Å². The quantitative estimate of drug-likeness (QED) is 0.473. The van der Waals surface area contributed by atoms with E-state index in [-0.39, 0.29) is 5.78 Å². The van der Waals surface area contributed by atoms with Crippen LogP contribution >= 0.6 is 0 Å². The summed E-state index contributed by atoms with van der Waals surface area (Å²) in [7, 11) is 7.07. The highest BCUT2D eigenvalue weighted by atomic mass is 16.5. The van der Waals surface area contributed by atoms with Gasteiger partial charge in [-0.1, -0.05) is 36.4 Å². The molecule has 0 aliphatic heterocycles. The summed E-state index contributed by atoms with van der Waals surface area (Å²) in [5.41, 5.74) is 2.11. The van der Waals surface area contributed by atoms with Crippen LogP contribution in [0.5, 0.6) is 11.5 Å². The Morgan fingerprint density at radius 2 is 1.52 bits per heavy atom. The molecule has 0 heterocycles. The third kappa shape index (κ3) is 3.80. The molecule has 0 atom stereocenters. The lowest BCUT2D eigenvalue weighted by atomic mass is 9.93. The Balaban J connectivity index is 2.14. The molecule has 0 aliphatic rings. The molecule has 0 saturated carbocycles. The Kier molecular flexibility index (Phi) is 5.46. The van der Waals surface area contributed by atoms with Crippen molar-refractivity contribution in [2.45, 2.75) is 0 Å². The highest BCUT2D eigenvalue weighted by Gasteiger charge is 2.19. The molecule has 0 saturated heterocycles. The lowest BCUT2D eigenvalue weighted by Crippen LogP contribution is -2.10. The Labute approximate surface area is 159 Å². The minimum absolute atomic E-state index is 0.0345. The summed E-state index contributed by atoms with van der Waals surface area (Å²) < 4.78 is 10.7. The van der Waals surface area contributed by atoms with E-state index in [0.29, 0.717) is 11.1 Å². The second-order valence-corrected chi connectivity index (χ2v) is 6.42. The molecular formula is C23H23NO3. The van der Waals surface area contributed by atoms with Crippen LogP contribution in [-0.4, -0.2) is 39.0 Å². The molecule has 3 rings (SSSR count).